The minimum absolute atomic E-state index is 0.0571. The zero-order chi connectivity index (χ0) is 14.1. The highest BCUT2D eigenvalue weighted by Crippen LogP contribution is 2.42. The van der Waals surface area contributed by atoms with Crippen molar-refractivity contribution in [1.29, 1.82) is 0 Å². The Hall–Kier alpha value is -1.10. The fourth-order valence-electron chi connectivity index (χ4n) is 2.72. The second-order valence-electron chi connectivity index (χ2n) is 6.25. The highest BCUT2D eigenvalue weighted by Gasteiger charge is 2.36. The molecule has 2 aliphatic carbocycles. The molecule has 1 atom stereocenters. The molecule has 1 heterocycles. The molecule has 4 nitrogen and oxygen atoms in total. The van der Waals surface area contributed by atoms with Gasteiger partial charge in [0.05, 0.1) is 6.04 Å². The maximum absolute atomic E-state index is 12.3. The molecule has 0 radical (unpaired) electrons. The predicted molar refractivity (Wildman–Crippen MR) is 80.8 cm³/mol. The van der Waals surface area contributed by atoms with E-state index in [1.165, 1.54) is 37.0 Å². The molecule has 1 aromatic heterocycles. The third kappa shape index (κ3) is 3.14. The SMILES string of the molecule is Cc1cnc([C@H](NC(=O)N(C)CC2CCC2)C2CC2)s1. The molecule has 20 heavy (non-hydrogen) atoms. The molecule has 0 bridgehead atoms. The second-order valence-corrected chi connectivity index (χ2v) is 7.52. The van der Waals surface area contributed by atoms with Crippen molar-refractivity contribution in [2.24, 2.45) is 11.8 Å². The van der Waals surface area contributed by atoms with E-state index in [1.54, 1.807) is 11.3 Å². The van der Waals surface area contributed by atoms with E-state index < -0.39 is 0 Å². The lowest BCUT2D eigenvalue weighted by atomic mass is 9.85. The van der Waals surface area contributed by atoms with Gasteiger partial charge in [-0.2, -0.15) is 0 Å². The summed E-state index contributed by atoms with van der Waals surface area (Å²) in [7, 11) is 1.91. The Morgan fingerprint density at radius 2 is 2.25 bits per heavy atom. The average molecular weight is 293 g/mol. The summed E-state index contributed by atoms with van der Waals surface area (Å²) in [5.74, 6) is 1.30. The lowest BCUT2D eigenvalue weighted by Crippen LogP contribution is -2.43. The van der Waals surface area contributed by atoms with E-state index in [1.807, 2.05) is 18.1 Å². The number of nitrogens with zero attached hydrogens (tertiary/aromatic N) is 2. The zero-order valence-electron chi connectivity index (χ0n) is 12.3. The molecule has 0 aliphatic heterocycles. The molecule has 3 rings (SSSR count). The van der Waals surface area contributed by atoms with E-state index in [0.717, 1.165) is 11.6 Å². The summed E-state index contributed by atoms with van der Waals surface area (Å²) in [5, 5.41) is 4.26. The smallest absolute Gasteiger partial charge is 0.317 e. The Morgan fingerprint density at radius 1 is 1.50 bits per heavy atom. The van der Waals surface area contributed by atoms with Crippen LogP contribution in [0.2, 0.25) is 0 Å². The number of amides is 2. The molecule has 5 heteroatoms. The summed E-state index contributed by atoms with van der Waals surface area (Å²) in [5.41, 5.74) is 0. The number of aryl methyl sites for hydroxylation is 1. The highest BCUT2D eigenvalue weighted by atomic mass is 32.1. The Labute approximate surface area is 124 Å². The molecule has 0 spiro atoms. The molecule has 1 aromatic rings. The maximum Gasteiger partial charge on any atom is 0.317 e. The monoisotopic (exact) mass is 293 g/mol. The molecule has 2 saturated carbocycles. The maximum atomic E-state index is 12.3. The van der Waals surface area contributed by atoms with Crippen molar-refractivity contribution in [3.8, 4) is 0 Å². The van der Waals surface area contributed by atoms with Gasteiger partial charge in [-0.15, -0.1) is 11.3 Å². The number of aromatic nitrogens is 1. The standard InChI is InChI=1S/C15H23N3OS/c1-10-8-16-14(20-10)13(12-6-7-12)17-15(19)18(2)9-11-4-3-5-11/h8,11-13H,3-7,9H2,1-2H3,(H,17,19)/t13-/m1/s1. The van der Waals surface area contributed by atoms with Crippen molar-refractivity contribution in [2.45, 2.75) is 45.1 Å². The summed E-state index contributed by atoms with van der Waals surface area (Å²) in [4.78, 5) is 19.9. The van der Waals surface area contributed by atoms with Gasteiger partial charge >= 0.3 is 6.03 Å². The molecular weight excluding hydrogens is 270 g/mol. The van der Waals surface area contributed by atoms with Gasteiger partial charge in [0, 0.05) is 24.7 Å². The molecular formula is C15H23N3OS. The van der Waals surface area contributed by atoms with Crippen LogP contribution in [-0.4, -0.2) is 29.5 Å². The normalized spacial score (nSPS) is 20.3. The molecule has 0 unspecified atom stereocenters. The third-order valence-electron chi connectivity index (χ3n) is 4.38. The number of hydrogen-bond acceptors (Lipinski definition) is 3. The first kappa shape index (κ1) is 13.9. The van der Waals surface area contributed by atoms with Crippen molar-refractivity contribution in [3.63, 3.8) is 0 Å². The largest absolute Gasteiger partial charge is 0.328 e. The molecule has 2 fully saturated rings. The lowest BCUT2D eigenvalue weighted by Gasteiger charge is -2.31. The van der Waals surface area contributed by atoms with Gasteiger partial charge in [0.15, 0.2) is 0 Å². The predicted octanol–water partition coefficient (Wildman–Crippen LogP) is 3.34. The van der Waals surface area contributed by atoms with E-state index in [0.29, 0.717) is 11.8 Å². The van der Waals surface area contributed by atoms with Crippen molar-refractivity contribution in [1.82, 2.24) is 15.2 Å². The topological polar surface area (TPSA) is 45.2 Å². The lowest BCUT2D eigenvalue weighted by molar-refractivity contribution is 0.178. The van der Waals surface area contributed by atoms with E-state index >= 15 is 0 Å². The Morgan fingerprint density at radius 3 is 2.75 bits per heavy atom. The Bertz CT molecular complexity index is 479. The van der Waals surface area contributed by atoms with Gasteiger partial charge in [-0.05, 0) is 44.4 Å². The van der Waals surface area contributed by atoms with Gasteiger partial charge < -0.3 is 10.2 Å². The van der Waals surface area contributed by atoms with Crippen LogP contribution in [0.1, 0.15) is 48.0 Å². The van der Waals surface area contributed by atoms with E-state index in [-0.39, 0.29) is 12.1 Å². The van der Waals surface area contributed by atoms with Crippen LogP contribution in [-0.2, 0) is 0 Å². The van der Waals surface area contributed by atoms with Crippen LogP contribution in [0.4, 0.5) is 4.79 Å². The Balaban J connectivity index is 1.59. The van der Waals surface area contributed by atoms with Crippen LogP contribution in [0, 0.1) is 18.8 Å². The minimum Gasteiger partial charge on any atom is -0.328 e. The van der Waals surface area contributed by atoms with Gasteiger partial charge in [0.2, 0.25) is 0 Å². The number of carbonyl (C=O) groups is 1. The summed E-state index contributed by atoms with van der Waals surface area (Å²) >= 11 is 1.70. The van der Waals surface area contributed by atoms with E-state index in [2.05, 4.69) is 17.2 Å². The summed E-state index contributed by atoms with van der Waals surface area (Å²) in [6, 6.07) is 0.173. The van der Waals surface area contributed by atoms with Gasteiger partial charge in [-0.1, -0.05) is 6.42 Å². The second kappa shape index (κ2) is 5.72. The zero-order valence-corrected chi connectivity index (χ0v) is 13.1. The fourth-order valence-corrected chi connectivity index (χ4v) is 3.63. The first-order valence-corrected chi connectivity index (χ1v) is 8.39. The van der Waals surface area contributed by atoms with Crippen LogP contribution in [0.5, 0.6) is 0 Å². The molecule has 2 aliphatic rings. The quantitative estimate of drug-likeness (QED) is 0.905. The average Bonchev–Trinajstić information content (AvgIpc) is 3.12. The molecule has 0 aromatic carbocycles. The Kier molecular flexibility index (Phi) is 3.96. The summed E-state index contributed by atoms with van der Waals surface area (Å²) in [6.45, 7) is 2.95. The molecule has 0 saturated heterocycles. The molecule has 110 valence electrons. The summed E-state index contributed by atoms with van der Waals surface area (Å²) < 4.78 is 0. The van der Waals surface area contributed by atoms with Crippen molar-refractivity contribution in [2.75, 3.05) is 13.6 Å². The van der Waals surface area contributed by atoms with E-state index in [9.17, 15) is 4.79 Å². The number of rotatable bonds is 5. The molecule has 2 amide bonds. The number of hydrogen-bond donors (Lipinski definition) is 1. The highest BCUT2D eigenvalue weighted by molar-refractivity contribution is 7.11. The van der Waals surface area contributed by atoms with Crippen molar-refractivity contribution < 1.29 is 4.79 Å². The van der Waals surface area contributed by atoms with Crippen molar-refractivity contribution >= 4 is 17.4 Å². The van der Waals surface area contributed by atoms with Crippen LogP contribution in [0.15, 0.2) is 6.20 Å². The van der Waals surface area contributed by atoms with Gasteiger partial charge in [0.25, 0.3) is 0 Å². The minimum atomic E-state index is 0.0571. The first-order valence-electron chi connectivity index (χ1n) is 7.57. The third-order valence-corrected chi connectivity index (χ3v) is 5.38. The number of nitrogens with one attached hydrogen (secondary N) is 1. The van der Waals surface area contributed by atoms with E-state index in [4.69, 9.17) is 0 Å². The van der Waals surface area contributed by atoms with Crippen LogP contribution in [0.3, 0.4) is 0 Å². The fraction of sp³-hybridized carbons (Fsp3) is 0.733. The van der Waals surface area contributed by atoms with Gasteiger partial charge in [-0.25, -0.2) is 9.78 Å². The first-order chi connectivity index (χ1) is 9.63. The van der Waals surface area contributed by atoms with Gasteiger partial charge in [-0.3, -0.25) is 0 Å². The van der Waals surface area contributed by atoms with Crippen molar-refractivity contribution in [3.05, 3.63) is 16.1 Å². The van der Waals surface area contributed by atoms with Crippen LogP contribution < -0.4 is 5.32 Å². The summed E-state index contributed by atoms with van der Waals surface area (Å²) in [6.07, 6.45) is 8.18. The van der Waals surface area contributed by atoms with Crippen LogP contribution >= 0.6 is 11.3 Å². The number of thiazole rings is 1. The van der Waals surface area contributed by atoms with Crippen LogP contribution in [0.25, 0.3) is 0 Å². The molecule has 1 N–H and O–H groups in total. The van der Waals surface area contributed by atoms with Gasteiger partial charge in [0.1, 0.15) is 5.01 Å². The number of urea groups is 1. The number of carbonyl (C=O) groups excluding carboxylic acids is 1.